The molecule has 120 valence electrons. The largest absolute Gasteiger partial charge is 0.494 e. The smallest absolute Gasteiger partial charge is 0.119 e. The first kappa shape index (κ1) is 18.2. The van der Waals surface area contributed by atoms with Crippen molar-refractivity contribution in [2.75, 3.05) is 24.7 Å². The van der Waals surface area contributed by atoms with Crippen molar-refractivity contribution in [1.29, 1.82) is 0 Å². The fraction of sp³-hybridized carbons (Fsp3) is 0.647. The fourth-order valence-electron chi connectivity index (χ4n) is 2.12. The number of benzene rings is 1. The number of rotatable bonds is 10. The maximum absolute atomic E-state index is 12.2. The Kier molecular flexibility index (Phi) is 8.62. The van der Waals surface area contributed by atoms with Crippen molar-refractivity contribution in [2.24, 2.45) is 5.92 Å². The minimum atomic E-state index is -0.775. The van der Waals surface area contributed by atoms with Crippen molar-refractivity contribution in [3.63, 3.8) is 0 Å². The van der Waals surface area contributed by atoms with Crippen LogP contribution in [0, 0.1) is 5.92 Å². The van der Waals surface area contributed by atoms with Crippen molar-refractivity contribution < 1.29 is 8.95 Å². The van der Waals surface area contributed by atoms with E-state index in [4.69, 9.17) is 4.74 Å². The number of nitrogens with one attached hydrogen (secondary N) is 1. The summed E-state index contributed by atoms with van der Waals surface area (Å²) in [5.41, 5.74) is 1.18. The molecule has 1 rings (SSSR count). The molecule has 0 amide bonds. The summed E-state index contributed by atoms with van der Waals surface area (Å²) >= 11 is 0. The summed E-state index contributed by atoms with van der Waals surface area (Å²) in [6, 6.07) is 8.26. The SMILES string of the molecule is CCNC(CS(=O)CCC(C)C)c1ccc(OCC)cc1. The predicted molar refractivity (Wildman–Crippen MR) is 91.4 cm³/mol. The third-order valence-electron chi connectivity index (χ3n) is 3.32. The second-order valence-electron chi connectivity index (χ2n) is 5.61. The quantitative estimate of drug-likeness (QED) is 0.718. The molecule has 0 aromatic heterocycles. The summed E-state index contributed by atoms with van der Waals surface area (Å²) in [4.78, 5) is 0. The highest BCUT2D eigenvalue weighted by atomic mass is 32.2. The van der Waals surface area contributed by atoms with Gasteiger partial charge in [0.15, 0.2) is 0 Å². The fourth-order valence-corrected chi connectivity index (χ4v) is 3.70. The first-order valence-electron chi connectivity index (χ1n) is 7.87. The molecule has 0 aliphatic carbocycles. The van der Waals surface area contributed by atoms with Gasteiger partial charge in [0.2, 0.25) is 0 Å². The van der Waals surface area contributed by atoms with Crippen LogP contribution in [0.4, 0.5) is 0 Å². The maximum atomic E-state index is 12.2. The van der Waals surface area contributed by atoms with E-state index in [1.807, 2.05) is 19.1 Å². The number of ether oxygens (including phenoxy) is 1. The van der Waals surface area contributed by atoms with Crippen molar-refractivity contribution >= 4 is 10.8 Å². The van der Waals surface area contributed by atoms with E-state index < -0.39 is 10.8 Å². The molecule has 2 unspecified atom stereocenters. The minimum Gasteiger partial charge on any atom is -0.494 e. The Morgan fingerprint density at radius 2 is 1.86 bits per heavy atom. The summed E-state index contributed by atoms with van der Waals surface area (Å²) in [5, 5.41) is 3.44. The van der Waals surface area contributed by atoms with Crippen LogP contribution in [0.15, 0.2) is 24.3 Å². The van der Waals surface area contributed by atoms with Gasteiger partial charge >= 0.3 is 0 Å². The molecule has 0 saturated carbocycles. The van der Waals surface area contributed by atoms with Crippen LogP contribution in [0.3, 0.4) is 0 Å². The van der Waals surface area contributed by atoms with E-state index in [2.05, 4.69) is 38.2 Å². The molecule has 0 bridgehead atoms. The summed E-state index contributed by atoms with van der Waals surface area (Å²) in [5.74, 6) is 2.96. The highest BCUT2D eigenvalue weighted by molar-refractivity contribution is 7.85. The second kappa shape index (κ2) is 9.96. The monoisotopic (exact) mass is 311 g/mol. The van der Waals surface area contributed by atoms with E-state index in [1.54, 1.807) is 0 Å². The Labute approximate surface area is 131 Å². The van der Waals surface area contributed by atoms with E-state index >= 15 is 0 Å². The Morgan fingerprint density at radius 1 is 1.19 bits per heavy atom. The van der Waals surface area contributed by atoms with Gasteiger partial charge in [-0.3, -0.25) is 4.21 Å². The van der Waals surface area contributed by atoms with Crippen LogP contribution in [0.2, 0.25) is 0 Å². The third-order valence-corrected chi connectivity index (χ3v) is 4.72. The lowest BCUT2D eigenvalue weighted by Crippen LogP contribution is -2.27. The van der Waals surface area contributed by atoms with Crippen LogP contribution in [0.5, 0.6) is 5.75 Å². The average Bonchev–Trinajstić information content (AvgIpc) is 2.46. The van der Waals surface area contributed by atoms with Gasteiger partial charge in [0, 0.05) is 28.3 Å². The van der Waals surface area contributed by atoms with Crippen LogP contribution in [-0.4, -0.2) is 28.9 Å². The van der Waals surface area contributed by atoms with Crippen molar-refractivity contribution in [3.8, 4) is 5.75 Å². The van der Waals surface area contributed by atoms with Crippen LogP contribution in [-0.2, 0) is 10.8 Å². The van der Waals surface area contributed by atoms with Crippen LogP contribution in [0.25, 0.3) is 0 Å². The highest BCUT2D eigenvalue weighted by Crippen LogP contribution is 2.19. The molecule has 1 aromatic carbocycles. The Morgan fingerprint density at radius 3 is 2.38 bits per heavy atom. The molecule has 3 nitrogen and oxygen atoms in total. The molecule has 0 radical (unpaired) electrons. The first-order valence-corrected chi connectivity index (χ1v) is 9.36. The summed E-state index contributed by atoms with van der Waals surface area (Å²) in [6.45, 7) is 9.96. The molecule has 4 heteroatoms. The molecular formula is C17H29NO2S. The Bertz CT molecular complexity index is 417. The zero-order chi connectivity index (χ0) is 15.7. The number of hydrogen-bond acceptors (Lipinski definition) is 3. The minimum absolute atomic E-state index is 0.152. The van der Waals surface area contributed by atoms with E-state index in [-0.39, 0.29) is 6.04 Å². The van der Waals surface area contributed by atoms with E-state index in [9.17, 15) is 4.21 Å². The predicted octanol–water partition coefficient (Wildman–Crippen LogP) is 3.53. The van der Waals surface area contributed by atoms with Gasteiger partial charge in [0.25, 0.3) is 0 Å². The third kappa shape index (κ3) is 7.09. The zero-order valence-corrected chi connectivity index (χ0v) is 14.5. The molecule has 0 saturated heterocycles. The molecule has 0 aliphatic rings. The number of hydrogen-bond donors (Lipinski definition) is 1. The summed E-state index contributed by atoms with van der Waals surface area (Å²) in [7, 11) is -0.775. The van der Waals surface area contributed by atoms with Gasteiger partial charge in [-0.25, -0.2) is 0 Å². The molecular weight excluding hydrogens is 282 g/mol. The van der Waals surface area contributed by atoms with Crippen LogP contribution in [0.1, 0.15) is 45.7 Å². The van der Waals surface area contributed by atoms with E-state index in [0.717, 1.165) is 24.5 Å². The van der Waals surface area contributed by atoms with Crippen molar-refractivity contribution in [2.45, 2.75) is 40.2 Å². The van der Waals surface area contributed by atoms with Gasteiger partial charge in [-0.1, -0.05) is 32.9 Å². The van der Waals surface area contributed by atoms with E-state index in [0.29, 0.717) is 18.3 Å². The lowest BCUT2D eigenvalue weighted by Gasteiger charge is -2.18. The Balaban J connectivity index is 2.65. The lowest BCUT2D eigenvalue weighted by molar-refractivity contribution is 0.340. The Hall–Kier alpha value is -0.870. The van der Waals surface area contributed by atoms with Crippen molar-refractivity contribution in [1.82, 2.24) is 5.32 Å². The molecule has 1 aromatic rings. The van der Waals surface area contributed by atoms with Gasteiger partial charge in [0.05, 0.1) is 6.61 Å². The average molecular weight is 311 g/mol. The van der Waals surface area contributed by atoms with Crippen LogP contribution < -0.4 is 10.1 Å². The normalized spacial score (nSPS) is 14.1. The molecule has 1 N–H and O–H groups in total. The first-order chi connectivity index (χ1) is 10.1. The molecule has 2 atom stereocenters. The molecule has 21 heavy (non-hydrogen) atoms. The summed E-state index contributed by atoms with van der Waals surface area (Å²) in [6.07, 6.45) is 1.02. The van der Waals surface area contributed by atoms with Gasteiger partial charge in [-0.2, -0.15) is 0 Å². The highest BCUT2D eigenvalue weighted by Gasteiger charge is 2.14. The maximum Gasteiger partial charge on any atom is 0.119 e. The second-order valence-corrected chi connectivity index (χ2v) is 7.23. The van der Waals surface area contributed by atoms with Crippen molar-refractivity contribution in [3.05, 3.63) is 29.8 Å². The molecule has 0 heterocycles. The van der Waals surface area contributed by atoms with E-state index in [1.165, 1.54) is 5.56 Å². The van der Waals surface area contributed by atoms with Crippen LogP contribution >= 0.6 is 0 Å². The van der Waals surface area contributed by atoms with Gasteiger partial charge in [-0.15, -0.1) is 0 Å². The lowest BCUT2D eigenvalue weighted by atomic mass is 10.1. The standard InChI is InChI=1S/C17H29NO2S/c1-5-18-17(13-21(19)12-11-14(3)4)15-7-9-16(10-8-15)20-6-2/h7-10,14,17-18H,5-6,11-13H2,1-4H3. The molecule has 0 aliphatic heterocycles. The molecule has 0 spiro atoms. The van der Waals surface area contributed by atoms with Gasteiger partial charge < -0.3 is 10.1 Å². The molecule has 0 fully saturated rings. The topological polar surface area (TPSA) is 38.3 Å². The van der Waals surface area contributed by atoms with Gasteiger partial charge in [0.1, 0.15) is 5.75 Å². The zero-order valence-electron chi connectivity index (χ0n) is 13.7. The summed E-state index contributed by atoms with van der Waals surface area (Å²) < 4.78 is 17.7. The van der Waals surface area contributed by atoms with Gasteiger partial charge in [-0.05, 0) is 43.5 Å².